The van der Waals surface area contributed by atoms with Crippen LogP contribution in [0.3, 0.4) is 0 Å². The van der Waals surface area contributed by atoms with Gasteiger partial charge in [-0.25, -0.2) is 0 Å². The number of para-hydroxylation sites is 1. The van der Waals surface area contributed by atoms with E-state index < -0.39 is 0 Å². The maximum atomic E-state index is 12.6. The monoisotopic (exact) mass is 436 g/mol. The highest BCUT2D eigenvalue weighted by atomic mass is 16.5. The molecule has 0 spiro atoms. The summed E-state index contributed by atoms with van der Waals surface area (Å²) in [4.78, 5) is 25.2. The summed E-state index contributed by atoms with van der Waals surface area (Å²) in [5, 5.41) is 5.82. The summed E-state index contributed by atoms with van der Waals surface area (Å²) in [5.74, 6) is 0.558. The Morgan fingerprint density at radius 3 is 2.66 bits per heavy atom. The van der Waals surface area contributed by atoms with E-state index in [9.17, 15) is 9.59 Å². The van der Waals surface area contributed by atoms with Crippen LogP contribution in [0.4, 0.5) is 5.69 Å². The molecule has 2 aromatic carbocycles. The van der Waals surface area contributed by atoms with Crippen LogP contribution in [0.1, 0.15) is 60.9 Å². The molecule has 1 unspecified atom stereocenters. The van der Waals surface area contributed by atoms with Gasteiger partial charge in [-0.1, -0.05) is 24.3 Å². The first kappa shape index (κ1) is 22.3. The van der Waals surface area contributed by atoms with Crippen LogP contribution in [0.2, 0.25) is 0 Å². The van der Waals surface area contributed by atoms with Crippen molar-refractivity contribution in [2.45, 2.75) is 63.6 Å². The van der Waals surface area contributed by atoms with Gasteiger partial charge in [0.25, 0.3) is 5.91 Å². The number of nitrogens with one attached hydrogen (secondary N) is 2. The minimum absolute atomic E-state index is 0.0779. The molecule has 1 aliphatic heterocycles. The van der Waals surface area contributed by atoms with Gasteiger partial charge < -0.3 is 20.1 Å². The molecule has 1 saturated heterocycles. The smallest absolute Gasteiger partial charge is 0.253 e. The fraction of sp³-hybridized carbons (Fsp3) is 0.462. The SMILES string of the molecule is O=C(CCc1cccc(OC2CCCC2)c1)Nc1ccccc1C(=O)NCC1CCCO1. The highest BCUT2D eigenvalue weighted by Gasteiger charge is 2.19. The zero-order valence-electron chi connectivity index (χ0n) is 18.5. The molecular formula is C26H32N2O4. The number of anilines is 1. The molecule has 1 atom stereocenters. The molecule has 2 fully saturated rings. The van der Waals surface area contributed by atoms with Crippen molar-refractivity contribution >= 4 is 17.5 Å². The normalized spacial score (nSPS) is 18.4. The van der Waals surface area contributed by atoms with E-state index in [1.165, 1.54) is 12.8 Å². The Hall–Kier alpha value is -2.86. The van der Waals surface area contributed by atoms with Crippen LogP contribution in [0.25, 0.3) is 0 Å². The van der Waals surface area contributed by atoms with Crippen LogP contribution in [-0.4, -0.2) is 37.2 Å². The van der Waals surface area contributed by atoms with Gasteiger partial charge in [0.15, 0.2) is 0 Å². The molecule has 1 saturated carbocycles. The predicted molar refractivity (Wildman–Crippen MR) is 124 cm³/mol. The third-order valence-electron chi connectivity index (χ3n) is 6.10. The number of ether oxygens (including phenoxy) is 2. The van der Waals surface area contributed by atoms with E-state index in [0.717, 1.165) is 43.6 Å². The fourth-order valence-electron chi connectivity index (χ4n) is 4.34. The Bertz CT molecular complexity index is 918. The van der Waals surface area contributed by atoms with E-state index in [2.05, 4.69) is 10.6 Å². The van der Waals surface area contributed by atoms with Gasteiger partial charge in [-0.05, 0) is 74.8 Å². The first-order valence-corrected chi connectivity index (χ1v) is 11.7. The minimum Gasteiger partial charge on any atom is -0.490 e. The second kappa shape index (κ2) is 11.1. The largest absolute Gasteiger partial charge is 0.490 e. The predicted octanol–water partition coefficient (Wildman–Crippen LogP) is 4.49. The van der Waals surface area contributed by atoms with E-state index in [0.29, 0.717) is 36.7 Å². The van der Waals surface area contributed by atoms with Crippen LogP contribution in [0.15, 0.2) is 48.5 Å². The van der Waals surface area contributed by atoms with Crippen molar-refractivity contribution in [3.05, 3.63) is 59.7 Å². The molecule has 2 aromatic rings. The average molecular weight is 437 g/mol. The Morgan fingerprint density at radius 1 is 1.00 bits per heavy atom. The van der Waals surface area contributed by atoms with Crippen LogP contribution in [0, 0.1) is 0 Å². The van der Waals surface area contributed by atoms with Gasteiger partial charge in [0.2, 0.25) is 5.91 Å². The number of amides is 2. The van der Waals surface area contributed by atoms with Crippen molar-refractivity contribution < 1.29 is 19.1 Å². The molecule has 2 aliphatic rings. The summed E-state index contributed by atoms with van der Waals surface area (Å²) in [6.45, 7) is 1.24. The average Bonchev–Trinajstić information content (AvgIpc) is 3.51. The summed E-state index contributed by atoms with van der Waals surface area (Å²) < 4.78 is 11.6. The van der Waals surface area contributed by atoms with Crippen LogP contribution < -0.4 is 15.4 Å². The molecule has 170 valence electrons. The zero-order chi connectivity index (χ0) is 22.2. The molecule has 2 amide bonds. The van der Waals surface area contributed by atoms with Gasteiger partial charge in [0.05, 0.1) is 23.5 Å². The quantitative estimate of drug-likeness (QED) is 0.607. The topological polar surface area (TPSA) is 76.7 Å². The molecular weight excluding hydrogens is 404 g/mol. The molecule has 0 aromatic heterocycles. The lowest BCUT2D eigenvalue weighted by atomic mass is 10.1. The lowest BCUT2D eigenvalue weighted by Gasteiger charge is -2.14. The molecule has 2 N–H and O–H groups in total. The molecule has 6 nitrogen and oxygen atoms in total. The summed E-state index contributed by atoms with van der Waals surface area (Å²) >= 11 is 0. The lowest BCUT2D eigenvalue weighted by Crippen LogP contribution is -2.32. The van der Waals surface area contributed by atoms with Crippen molar-refractivity contribution in [3.63, 3.8) is 0 Å². The summed E-state index contributed by atoms with van der Waals surface area (Å²) in [5.41, 5.74) is 2.06. The van der Waals surface area contributed by atoms with Crippen LogP contribution in [0.5, 0.6) is 5.75 Å². The van der Waals surface area contributed by atoms with Crippen molar-refractivity contribution in [3.8, 4) is 5.75 Å². The van der Waals surface area contributed by atoms with Gasteiger partial charge in [0.1, 0.15) is 5.75 Å². The van der Waals surface area contributed by atoms with Gasteiger partial charge in [-0.15, -0.1) is 0 Å². The summed E-state index contributed by atoms with van der Waals surface area (Å²) in [6.07, 6.45) is 8.04. The minimum atomic E-state index is -0.201. The summed E-state index contributed by atoms with van der Waals surface area (Å²) in [7, 11) is 0. The Labute approximate surface area is 189 Å². The van der Waals surface area contributed by atoms with E-state index >= 15 is 0 Å². The fourth-order valence-corrected chi connectivity index (χ4v) is 4.34. The molecule has 0 radical (unpaired) electrons. The van der Waals surface area contributed by atoms with E-state index in [1.54, 1.807) is 18.2 Å². The summed E-state index contributed by atoms with van der Waals surface area (Å²) in [6, 6.07) is 15.1. The van der Waals surface area contributed by atoms with E-state index in [4.69, 9.17) is 9.47 Å². The Balaban J connectivity index is 1.29. The highest BCUT2D eigenvalue weighted by Crippen LogP contribution is 2.25. The zero-order valence-corrected chi connectivity index (χ0v) is 18.5. The third-order valence-corrected chi connectivity index (χ3v) is 6.10. The highest BCUT2D eigenvalue weighted by molar-refractivity contribution is 6.03. The lowest BCUT2D eigenvalue weighted by molar-refractivity contribution is -0.116. The Kier molecular flexibility index (Phi) is 7.77. The number of hydrogen-bond acceptors (Lipinski definition) is 4. The van der Waals surface area contributed by atoms with Crippen molar-refractivity contribution in [2.75, 3.05) is 18.5 Å². The van der Waals surface area contributed by atoms with Crippen LogP contribution >= 0.6 is 0 Å². The number of aryl methyl sites for hydroxylation is 1. The molecule has 0 bridgehead atoms. The van der Waals surface area contributed by atoms with E-state index in [-0.39, 0.29) is 17.9 Å². The maximum Gasteiger partial charge on any atom is 0.253 e. The number of rotatable bonds is 9. The second-order valence-corrected chi connectivity index (χ2v) is 8.61. The number of carbonyl (C=O) groups excluding carboxylic acids is 2. The molecule has 1 heterocycles. The van der Waals surface area contributed by atoms with E-state index in [1.807, 2.05) is 30.3 Å². The number of hydrogen-bond donors (Lipinski definition) is 2. The van der Waals surface area contributed by atoms with Gasteiger partial charge >= 0.3 is 0 Å². The number of benzene rings is 2. The van der Waals surface area contributed by atoms with Gasteiger partial charge in [0, 0.05) is 19.6 Å². The Morgan fingerprint density at radius 2 is 1.84 bits per heavy atom. The molecule has 4 rings (SSSR count). The standard InChI is InChI=1S/C26H32N2O4/c29-25(15-14-19-7-5-10-21(17-19)32-20-8-1-2-9-20)28-24-13-4-3-12-23(24)26(30)27-18-22-11-6-16-31-22/h3-5,7,10,12-13,17,20,22H,1-2,6,8-9,11,14-16,18H2,(H,27,30)(H,28,29). The van der Waals surface area contributed by atoms with Crippen molar-refractivity contribution in [1.82, 2.24) is 5.32 Å². The molecule has 1 aliphatic carbocycles. The molecule has 32 heavy (non-hydrogen) atoms. The van der Waals surface area contributed by atoms with Crippen LogP contribution in [-0.2, 0) is 16.0 Å². The van der Waals surface area contributed by atoms with Crippen molar-refractivity contribution in [2.24, 2.45) is 0 Å². The van der Waals surface area contributed by atoms with Gasteiger partial charge in [-0.2, -0.15) is 0 Å². The first-order chi connectivity index (χ1) is 15.7. The maximum absolute atomic E-state index is 12.6. The second-order valence-electron chi connectivity index (χ2n) is 8.61. The van der Waals surface area contributed by atoms with Crippen molar-refractivity contribution in [1.29, 1.82) is 0 Å². The third kappa shape index (κ3) is 6.33. The number of carbonyl (C=O) groups is 2. The molecule has 6 heteroatoms. The first-order valence-electron chi connectivity index (χ1n) is 11.7. The van der Waals surface area contributed by atoms with Gasteiger partial charge in [-0.3, -0.25) is 9.59 Å².